The number of hydrogen-bond donors (Lipinski definition) is 0. The van der Waals surface area contributed by atoms with Gasteiger partial charge in [0.2, 0.25) is 0 Å². The molecule has 1 aliphatic rings. The fourth-order valence-corrected chi connectivity index (χ4v) is 3.35. The van der Waals surface area contributed by atoms with Gasteiger partial charge in [-0.3, -0.25) is 4.90 Å². The van der Waals surface area contributed by atoms with Crippen LogP contribution in [0, 0.1) is 0 Å². The van der Waals surface area contributed by atoms with E-state index in [4.69, 9.17) is 0 Å². The van der Waals surface area contributed by atoms with Crippen molar-refractivity contribution in [2.24, 2.45) is 0 Å². The lowest BCUT2D eigenvalue weighted by molar-refractivity contribution is 0.247. The smallest absolute Gasteiger partial charge is 0.0926 e. The van der Waals surface area contributed by atoms with E-state index >= 15 is 0 Å². The van der Waals surface area contributed by atoms with Crippen molar-refractivity contribution in [3.8, 4) is 0 Å². The SMILES string of the molecule is CCc1nc(CN2CCN(c3ccccc3)CC2)cs1. The molecule has 1 aromatic heterocycles. The molecule has 0 spiro atoms. The Morgan fingerprint density at radius 1 is 1.10 bits per heavy atom. The molecule has 2 aromatic rings. The third kappa shape index (κ3) is 3.19. The van der Waals surface area contributed by atoms with Gasteiger partial charge in [-0.05, 0) is 18.6 Å². The molecule has 0 unspecified atom stereocenters. The van der Waals surface area contributed by atoms with Gasteiger partial charge >= 0.3 is 0 Å². The van der Waals surface area contributed by atoms with E-state index in [9.17, 15) is 0 Å². The average Bonchev–Trinajstić information content (AvgIpc) is 2.97. The Morgan fingerprint density at radius 2 is 1.85 bits per heavy atom. The van der Waals surface area contributed by atoms with Gasteiger partial charge in [0, 0.05) is 43.8 Å². The molecule has 1 aliphatic heterocycles. The van der Waals surface area contributed by atoms with Crippen molar-refractivity contribution in [1.82, 2.24) is 9.88 Å². The molecule has 0 amide bonds. The quantitative estimate of drug-likeness (QED) is 0.861. The summed E-state index contributed by atoms with van der Waals surface area (Å²) in [6.07, 6.45) is 1.05. The second-order valence-corrected chi connectivity index (χ2v) is 6.13. The van der Waals surface area contributed by atoms with Gasteiger partial charge in [0.15, 0.2) is 0 Å². The van der Waals surface area contributed by atoms with E-state index in [0.717, 1.165) is 39.1 Å². The summed E-state index contributed by atoms with van der Waals surface area (Å²) >= 11 is 1.79. The van der Waals surface area contributed by atoms with Crippen molar-refractivity contribution in [2.45, 2.75) is 19.9 Å². The Morgan fingerprint density at radius 3 is 2.50 bits per heavy atom. The lowest BCUT2D eigenvalue weighted by Crippen LogP contribution is -2.46. The highest BCUT2D eigenvalue weighted by molar-refractivity contribution is 7.09. The molecule has 0 saturated carbocycles. The van der Waals surface area contributed by atoms with Gasteiger partial charge in [0.05, 0.1) is 10.7 Å². The second kappa shape index (κ2) is 6.37. The van der Waals surface area contributed by atoms with Gasteiger partial charge in [-0.15, -0.1) is 11.3 Å². The zero-order chi connectivity index (χ0) is 13.8. The van der Waals surface area contributed by atoms with Gasteiger partial charge < -0.3 is 4.90 Å². The fraction of sp³-hybridized carbons (Fsp3) is 0.438. The summed E-state index contributed by atoms with van der Waals surface area (Å²) in [7, 11) is 0. The molecule has 3 nitrogen and oxygen atoms in total. The second-order valence-electron chi connectivity index (χ2n) is 5.18. The first kappa shape index (κ1) is 13.6. The lowest BCUT2D eigenvalue weighted by atomic mass is 10.2. The molecule has 0 radical (unpaired) electrons. The van der Waals surface area contributed by atoms with Crippen molar-refractivity contribution >= 4 is 17.0 Å². The number of benzene rings is 1. The molecule has 0 atom stereocenters. The van der Waals surface area contributed by atoms with Gasteiger partial charge in [0.25, 0.3) is 0 Å². The number of aryl methyl sites for hydroxylation is 1. The van der Waals surface area contributed by atoms with E-state index in [1.54, 1.807) is 11.3 Å². The first-order valence-electron chi connectivity index (χ1n) is 7.31. The molecular weight excluding hydrogens is 266 g/mol. The van der Waals surface area contributed by atoms with Crippen LogP contribution in [0.3, 0.4) is 0 Å². The molecular formula is C16H21N3S. The number of hydrogen-bond acceptors (Lipinski definition) is 4. The molecule has 1 saturated heterocycles. The van der Waals surface area contributed by atoms with Crippen LogP contribution in [0.25, 0.3) is 0 Å². The molecule has 2 heterocycles. The number of para-hydroxylation sites is 1. The van der Waals surface area contributed by atoms with Gasteiger partial charge in [-0.1, -0.05) is 25.1 Å². The van der Waals surface area contributed by atoms with E-state index in [0.29, 0.717) is 0 Å². The first-order chi connectivity index (χ1) is 9.85. The zero-order valence-electron chi connectivity index (χ0n) is 12.0. The van der Waals surface area contributed by atoms with Crippen molar-refractivity contribution < 1.29 is 0 Å². The maximum atomic E-state index is 4.66. The van der Waals surface area contributed by atoms with Crippen LogP contribution in [0.15, 0.2) is 35.7 Å². The standard InChI is InChI=1S/C16H21N3S/c1-2-16-17-14(13-20-16)12-18-8-10-19(11-9-18)15-6-4-3-5-7-15/h3-7,13H,2,8-12H2,1H3. The van der Waals surface area contributed by atoms with Crippen LogP contribution >= 0.6 is 11.3 Å². The maximum Gasteiger partial charge on any atom is 0.0926 e. The van der Waals surface area contributed by atoms with Gasteiger partial charge in [-0.25, -0.2) is 4.98 Å². The number of rotatable bonds is 4. The van der Waals surface area contributed by atoms with Gasteiger partial charge in [0.1, 0.15) is 0 Å². The molecule has 0 aliphatic carbocycles. The highest BCUT2D eigenvalue weighted by Gasteiger charge is 2.17. The first-order valence-corrected chi connectivity index (χ1v) is 8.19. The predicted octanol–water partition coefficient (Wildman–Crippen LogP) is 3.03. The molecule has 4 heteroatoms. The summed E-state index contributed by atoms with van der Waals surface area (Å²) in [6.45, 7) is 7.62. The highest BCUT2D eigenvalue weighted by atomic mass is 32.1. The van der Waals surface area contributed by atoms with Crippen molar-refractivity contribution in [1.29, 1.82) is 0 Å². The molecule has 0 N–H and O–H groups in total. The summed E-state index contributed by atoms with van der Waals surface area (Å²) in [4.78, 5) is 9.64. The molecule has 3 rings (SSSR count). The van der Waals surface area contributed by atoms with Crippen molar-refractivity contribution in [2.75, 3.05) is 31.1 Å². The van der Waals surface area contributed by atoms with E-state index < -0.39 is 0 Å². The number of thiazole rings is 1. The predicted molar refractivity (Wildman–Crippen MR) is 85.4 cm³/mol. The van der Waals surface area contributed by atoms with Crippen molar-refractivity contribution in [3.05, 3.63) is 46.4 Å². The van der Waals surface area contributed by atoms with Crippen LogP contribution in [-0.4, -0.2) is 36.1 Å². The van der Waals surface area contributed by atoms with Crippen LogP contribution < -0.4 is 4.90 Å². The zero-order valence-corrected chi connectivity index (χ0v) is 12.8. The van der Waals surface area contributed by atoms with E-state index in [-0.39, 0.29) is 0 Å². The summed E-state index contributed by atoms with van der Waals surface area (Å²) in [6, 6.07) is 10.7. The van der Waals surface area contributed by atoms with Crippen molar-refractivity contribution in [3.63, 3.8) is 0 Å². The Hall–Kier alpha value is -1.39. The monoisotopic (exact) mass is 287 g/mol. The Bertz CT molecular complexity index is 530. The number of anilines is 1. The summed E-state index contributed by atoms with van der Waals surface area (Å²) in [5.41, 5.74) is 2.58. The Labute approximate surface area is 124 Å². The minimum atomic E-state index is 0.999. The Kier molecular flexibility index (Phi) is 4.33. The molecule has 1 fully saturated rings. The fourth-order valence-electron chi connectivity index (χ4n) is 2.62. The number of aromatic nitrogens is 1. The average molecular weight is 287 g/mol. The highest BCUT2D eigenvalue weighted by Crippen LogP contribution is 2.17. The molecule has 20 heavy (non-hydrogen) atoms. The molecule has 106 valence electrons. The summed E-state index contributed by atoms with van der Waals surface area (Å²) in [5.74, 6) is 0. The third-order valence-corrected chi connectivity index (χ3v) is 4.82. The number of piperazine rings is 1. The molecule has 0 bridgehead atoms. The van der Waals surface area contributed by atoms with Gasteiger partial charge in [-0.2, -0.15) is 0 Å². The van der Waals surface area contributed by atoms with E-state index in [1.165, 1.54) is 16.4 Å². The van der Waals surface area contributed by atoms with Crippen LogP contribution in [0.5, 0.6) is 0 Å². The van der Waals surface area contributed by atoms with E-state index in [2.05, 4.69) is 57.4 Å². The van der Waals surface area contributed by atoms with Crippen LogP contribution in [0.2, 0.25) is 0 Å². The minimum absolute atomic E-state index is 0.999. The number of nitrogens with zero attached hydrogens (tertiary/aromatic N) is 3. The normalized spacial score (nSPS) is 16.6. The molecule has 1 aromatic carbocycles. The van der Waals surface area contributed by atoms with Crippen LogP contribution in [-0.2, 0) is 13.0 Å². The van der Waals surface area contributed by atoms with Crippen LogP contribution in [0.4, 0.5) is 5.69 Å². The topological polar surface area (TPSA) is 19.4 Å². The van der Waals surface area contributed by atoms with Crippen LogP contribution in [0.1, 0.15) is 17.6 Å². The van der Waals surface area contributed by atoms with E-state index in [1.807, 2.05) is 0 Å². The lowest BCUT2D eigenvalue weighted by Gasteiger charge is -2.35. The summed E-state index contributed by atoms with van der Waals surface area (Å²) in [5, 5.41) is 3.46. The summed E-state index contributed by atoms with van der Waals surface area (Å²) < 4.78 is 0. The maximum absolute atomic E-state index is 4.66. The minimum Gasteiger partial charge on any atom is -0.369 e. The Balaban J connectivity index is 1.53. The third-order valence-electron chi connectivity index (χ3n) is 3.78. The largest absolute Gasteiger partial charge is 0.369 e.